The summed E-state index contributed by atoms with van der Waals surface area (Å²) in [5, 5.41) is 3.95. The predicted octanol–water partition coefficient (Wildman–Crippen LogP) is 6.49. The lowest BCUT2D eigenvalue weighted by Gasteiger charge is -2.09. The lowest BCUT2D eigenvalue weighted by molar-refractivity contribution is 0.102. The third-order valence-electron chi connectivity index (χ3n) is 5.10. The van der Waals surface area contributed by atoms with Crippen LogP contribution in [0.4, 0.5) is 5.82 Å². The number of aromatic nitrogens is 1. The molecule has 1 amide bonds. The first kappa shape index (κ1) is 19.2. The minimum Gasteiger partial charge on any atom is -0.307 e. The van der Waals surface area contributed by atoms with E-state index in [2.05, 4.69) is 53.0 Å². The molecule has 0 aliphatic rings. The van der Waals surface area contributed by atoms with Crippen molar-refractivity contribution in [3.05, 3.63) is 89.5 Å². The summed E-state index contributed by atoms with van der Waals surface area (Å²) in [5.74, 6) is 0.406. The van der Waals surface area contributed by atoms with E-state index in [-0.39, 0.29) is 5.91 Å². The molecule has 1 aromatic heterocycles. The number of nitrogens with one attached hydrogen (secondary N) is 1. The average molecular weight is 399 g/mol. The molecule has 0 fully saturated rings. The molecule has 4 aromatic rings. The van der Waals surface area contributed by atoms with Crippen molar-refractivity contribution in [3.8, 4) is 11.1 Å². The second-order valence-electron chi connectivity index (χ2n) is 7.09. The van der Waals surface area contributed by atoms with Gasteiger partial charge in [0.1, 0.15) is 5.82 Å². The molecule has 144 valence electrons. The minimum atomic E-state index is -0.148. The Balaban J connectivity index is 1.59. The molecule has 0 aliphatic carbocycles. The summed E-state index contributed by atoms with van der Waals surface area (Å²) in [4.78, 5) is 18.4. The van der Waals surface area contributed by atoms with E-state index in [9.17, 15) is 4.79 Å². The summed E-state index contributed by atoms with van der Waals surface area (Å²) in [6, 6.07) is 24.3. The Hall–Kier alpha value is -3.11. The van der Waals surface area contributed by atoms with E-state index in [0.29, 0.717) is 11.4 Å². The largest absolute Gasteiger partial charge is 0.307 e. The maximum Gasteiger partial charge on any atom is 0.256 e. The van der Waals surface area contributed by atoms with Crippen molar-refractivity contribution in [3.63, 3.8) is 0 Å². The van der Waals surface area contributed by atoms with Gasteiger partial charge in [-0.25, -0.2) is 4.98 Å². The molecule has 4 heteroatoms. The van der Waals surface area contributed by atoms with Crippen LogP contribution in [0.3, 0.4) is 0 Å². The van der Waals surface area contributed by atoms with Crippen molar-refractivity contribution in [1.29, 1.82) is 0 Å². The first-order chi connectivity index (χ1) is 14.0. The highest BCUT2D eigenvalue weighted by molar-refractivity contribution is 7.98. The molecule has 1 N–H and O–H groups in total. The molecule has 0 aliphatic heterocycles. The van der Waals surface area contributed by atoms with Crippen molar-refractivity contribution in [2.24, 2.45) is 0 Å². The van der Waals surface area contributed by atoms with Gasteiger partial charge in [0.05, 0.1) is 5.52 Å². The van der Waals surface area contributed by atoms with Crippen LogP contribution in [-0.4, -0.2) is 17.1 Å². The molecule has 0 saturated heterocycles. The maximum absolute atomic E-state index is 12.6. The molecule has 0 spiro atoms. The Kier molecular flexibility index (Phi) is 5.36. The first-order valence-electron chi connectivity index (χ1n) is 9.47. The highest BCUT2D eigenvalue weighted by atomic mass is 32.2. The fraction of sp³-hybridized carbons (Fsp3) is 0.120. The van der Waals surface area contributed by atoms with Crippen LogP contribution < -0.4 is 5.32 Å². The molecule has 4 rings (SSSR count). The first-order valence-corrected chi connectivity index (χ1v) is 10.7. The zero-order chi connectivity index (χ0) is 20.4. The summed E-state index contributed by atoms with van der Waals surface area (Å²) in [6.45, 7) is 4.04. The Morgan fingerprint density at radius 3 is 2.48 bits per heavy atom. The van der Waals surface area contributed by atoms with Gasteiger partial charge in [-0.3, -0.25) is 4.79 Å². The molecule has 0 atom stereocenters. The Morgan fingerprint density at radius 2 is 1.69 bits per heavy atom. The monoisotopic (exact) mass is 398 g/mol. The normalized spacial score (nSPS) is 10.9. The summed E-state index contributed by atoms with van der Waals surface area (Å²) < 4.78 is 0. The number of rotatable bonds is 4. The van der Waals surface area contributed by atoms with Crippen LogP contribution >= 0.6 is 11.8 Å². The van der Waals surface area contributed by atoms with Gasteiger partial charge in [-0.15, -0.1) is 11.8 Å². The third-order valence-corrected chi connectivity index (χ3v) is 5.83. The Labute approximate surface area is 175 Å². The number of thioether (sulfide) groups is 1. The van der Waals surface area contributed by atoms with E-state index in [1.807, 2.05) is 50.2 Å². The number of amides is 1. The van der Waals surface area contributed by atoms with Gasteiger partial charge in [0.2, 0.25) is 0 Å². The van der Waals surface area contributed by atoms with Crippen molar-refractivity contribution in [1.82, 2.24) is 4.98 Å². The van der Waals surface area contributed by atoms with Gasteiger partial charge in [0.25, 0.3) is 5.91 Å². The van der Waals surface area contributed by atoms with Crippen molar-refractivity contribution in [2.45, 2.75) is 18.7 Å². The number of nitrogens with zero attached hydrogens (tertiary/aromatic N) is 1. The van der Waals surface area contributed by atoms with E-state index >= 15 is 0 Å². The van der Waals surface area contributed by atoms with Gasteiger partial charge < -0.3 is 5.32 Å². The second-order valence-corrected chi connectivity index (χ2v) is 7.97. The molecule has 3 nitrogen and oxygen atoms in total. The molecule has 0 saturated carbocycles. The molecule has 0 unspecified atom stereocenters. The number of anilines is 1. The van der Waals surface area contributed by atoms with Crippen LogP contribution in [0, 0.1) is 13.8 Å². The van der Waals surface area contributed by atoms with Crippen LogP contribution in [0.25, 0.3) is 22.0 Å². The molecule has 3 aromatic carbocycles. The fourth-order valence-electron chi connectivity index (χ4n) is 3.25. The highest BCUT2D eigenvalue weighted by Gasteiger charge is 2.09. The van der Waals surface area contributed by atoms with E-state index in [0.717, 1.165) is 22.0 Å². The minimum absolute atomic E-state index is 0.148. The van der Waals surface area contributed by atoms with Gasteiger partial charge >= 0.3 is 0 Å². The van der Waals surface area contributed by atoms with Crippen LogP contribution in [-0.2, 0) is 0 Å². The quantitative estimate of drug-likeness (QED) is 0.399. The Bertz CT molecular complexity index is 1220. The number of aryl methyl sites for hydroxylation is 2. The number of benzene rings is 3. The van der Waals surface area contributed by atoms with E-state index in [4.69, 9.17) is 0 Å². The summed E-state index contributed by atoms with van der Waals surface area (Å²) in [5.41, 5.74) is 6.10. The number of hydrogen-bond acceptors (Lipinski definition) is 3. The highest BCUT2D eigenvalue weighted by Crippen LogP contribution is 2.27. The lowest BCUT2D eigenvalue weighted by atomic mass is 10.0. The van der Waals surface area contributed by atoms with Gasteiger partial charge in [-0.2, -0.15) is 0 Å². The maximum atomic E-state index is 12.6. The van der Waals surface area contributed by atoms with Crippen molar-refractivity contribution >= 4 is 34.4 Å². The van der Waals surface area contributed by atoms with Crippen LogP contribution in [0.5, 0.6) is 0 Å². The molecule has 29 heavy (non-hydrogen) atoms. The standard InChI is InChI=1S/C25H22N2OS/c1-16-7-8-21(13-17(16)2)25(28)27-24-12-10-20-14-19(9-11-23(20)26-24)18-5-4-6-22(15-18)29-3/h4-15H,1-3H3,(H,26,27,28). The van der Waals surface area contributed by atoms with Crippen molar-refractivity contribution in [2.75, 3.05) is 11.6 Å². The van der Waals surface area contributed by atoms with Crippen LogP contribution in [0.2, 0.25) is 0 Å². The van der Waals surface area contributed by atoms with E-state index in [1.165, 1.54) is 16.0 Å². The summed E-state index contributed by atoms with van der Waals surface area (Å²) in [6.07, 6.45) is 2.08. The summed E-state index contributed by atoms with van der Waals surface area (Å²) in [7, 11) is 0. The number of hydrogen-bond donors (Lipinski definition) is 1. The molecule has 1 heterocycles. The zero-order valence-electron chi connectivity index (χ0n) is 16.7. The van der Waals surface area contributed by atoms with Gasteiger partial charge in [0, 0.05) is 15.8 Å². The van der Waals surface area contributed by atoms with Crippen molar-refractivity contribution < 1.29 is 4.79 Å². The lowest BCUT2D eigenvalue weighted by Crippen LogP contribution is -2.13. The van der Waals surface area contributed by atoms with Gasteiger partial charge in [0.15, 0.2) is 0 Å². The fourth-order valence-corrected chi connectivity index (χ4v) is 3.71. The number of fused-ring (bicyclic) bond motifs is 1. The number of carbonyl (C=O) groups is 1. The predicted molar refractivity (Wildman–Crippen MR) is 123 cm³/mol. The van der Waals surface area contributed by atoms with E-state index < -0.39 is 0 Å². The number of carbonyl (C=O) groups excluding carboxylic acids is 1. The summed E-state index contributed by atoms with van der Waals surface area (Å²) >= 11 is 1.74. The average Bonchev–Trinajstić information content (AvgIpc) is 2.75. The number of pyridine rings is 1. The Morgan fingerprint density at radius 1 is 0.862 bits per heavy atom. The van der Waals surface area contributed by atoms with Crippen LogP contribution in [0.15, 0.2) is 77.7 Å². The molecular formula is C25H22N2OS. The molecule has 0 bridgehead atoms. The second kappa shape index (κ2) is 8.10. The van der Waals surface area contributed by atoms with Gasteiger partial charge in [-0.1, -0.05) is 24.3 Å². The third kappa shape index (κ3) is 4.17. The topological polar surface area (TPSA) is 42.0 Å². The van der Waals surface area contributed by atoms with E-state index in [1.54, 1.807) is 11.8 Å². The SMILES string of the molecule is CSc1cccc(-c2ccc3nc(NC(=O)c4ccc(C)c(C)c4)ccc3c2)c1. The van der Waals surface area contributed by atoms with Crippen LogP contribution in [0.1, 0.15) is 21.5 Å². The molecular weight excluding hydrogens is 376 g/mol. The van der Waals surface area contributed by atoms with Gasteiger partial charge in [-0.05, 0) is 90.9 Å². The smallest absolute Gasteiger partial charge is 0.256 e. The zero-order valence-corrected chi connectivity index (χ0v) is 17.5. The molecule has 0 radical (unpaired) electrons.